The molecule has 94 valence electrons. The van der Waals surface area contributed by atoms with Crippen LogP contribution in [0, 0.1) is 29.1 Å². The Kier molecular flexibility index (Phi) is 3.26. The van der Waals surface area contributed by atoms with E-state index in [1.807, 2.05) is 0 Å². The van der Waals surface area contributed by atoms with E-state index in [1.54, 1.807) is 0 Å². The van der Waals surface area contributed by atoms with Gasteiger partial charge in [-0.05, 0) is 0 Å². The third-order valence-corrected chi connectivity index (χ3v) is 2.72. The molecule has 0 aliphatic carbocycles. The van der Waals surface area contributed by atoms with Crippen LogP contribution in [0.3, 0.4) is 0 Å². The number of nitrogens with two attached hydrogens (primary N) is 1. The zero-order valence-corrected chi connectivity index (χ0v) is 8.72. The molecule has 9 heteroatoms. The molecule has 2 N–H and O–H groups in total. The fourth-order valence-electron chi connectivity index (χ4n) is 0.992. The molecule has 0 spiro atoms. The summed E-state index contributed by atoms with van der Waals surface area (Å²) in [4.78, 5) is -1.40. The van der Waals surface area contributed by atoms with Gasteiger partial charge in [0.05, 0.1) is 10.5 Å². The van der Waals surface area contributed by atoms with E-state index in [1.165, 1.54) is 0 Å². The second-order valence-electron chi connectivity index (χ2n) is 2.91. The molecule has 0 fully saturated rings. The molecule has 0 aromatic heterocycles. The van der Waals surface area contributed by atoms with E-state index < -0.39 is 49.6 Å². The second-order valence-corrected chi connectivity index (χ2v) is 4.50. The molecule has 3 nitrogen and oxygen atoms in total. The fraction of sp³-hybridized carbons (Fsp3) is 0. The summed E-state index contributed by atoms with van der Waals surface area (Å²) >= 11 is 0. The van der Waals surface area contributed by atoms with Crippen molar-refractivity contribution < 1.29 is 30.4 Å². The number of hydrogen-bond donors (Lipinski definition) is 1. The van der Waals surface area contributed by atoms with Crippen molar-refractivity contribution in [2.75, 3.05) is 0 Å². The van der Waals surface area contributed by atoms with Crippen LogP contribution in [0.25, 0.3) is 4.91 Å². The van der Waals surface area contributed by atoms with Gasteiger partial charge in [0.2, 0.25) is 15.8 Å². The van der Waals surface area contributed by atoms with Gasteiger partial charge >= 0.3 is 0 Å². The van der Waals surface area contributed by atoms with Crippen LogP contribution in [0.2, 0.25) is 0 Å². The van der Waals surface area contributed by atoms with E-state index in [2.05, 4.69) is 11.7 Å². The first-order valence-corrected chi connectivity index (χ1v) is 5.37. The second kappa shape index (κ2) is 4.08. The Labute approximate surface area is 92.4 Å². The lowest BCUT2D eigenvalue weighted by Crippen LogP contribution is -2.17. The van der Waals surface area contributed by atoms with Crippen molar-refractivity contribution in [2.45, 2.75) is 0 Å². The molecule has 1 aromatic rings. The number of hydrogen-bond acceptors (Lipinski definition) is 2. The van der Waals surface area contributed by atoms with Gasteiger partial charge in [0.25, 0.3) is 0 Å². The number of halogens is 5. The number of benzene rings is 1. The Bertz CT molecular complexity index is 582. The minimum atomic E-state index is -4.68. The summed E-state index contributed by atoms with van der Waals surface area (Å²) in [5.41, 5.74) is -1.66. The number of sulfonamides is 1. The van der Waals surface area contributed by atoms with Crippen molar-refractivity contribution in [3.05, 3.63) is 41.2 Å². The Hall–Kier alpha value is -1.48. The van der Waals surface area contributed by atoms with Gasteiger partial charge in [-0.2, -0.15) is 0 Å². The summed E-state index contributed by atoms with van der Waals surface area (Å²) in [6.07, 6.45) is 0. The molecule has 0 amide bonds. The molecule has 0 atom stereocenters. The highest BCUT2D eigenvalue weighted by atomic mass is 32.2. The minimum absolute atomic E-state index is 1.40. The summed E-state index contributed by atoms with van der Waals surface area (Å²) < 4.78 is 85.7. The van der Waals surface area contributed by atoms with Crippen molar-refractivity contribution in [3.63, 3.8) is 0 Å². The average Bonchev–Trinajstić information content (AvgIpc) is 2.22. The zero-order chi connectivity index (χ0) is 13.5. The van der Waals surface area contributed by atoms with Crippen LogP contribution in [-0.4, -0.2) is 8.42 Å². The molecular weight excluding hydrogens is 269 g/mol. The van der Waals surface area contributed by atoms with Gasteiger partial charge in [0.1, 0.15) is 0 Å². The van der Waals surface area contributed by atoms with Crippen LogP contribution in [-0.2, 0) is 10.0 Å². The van der Waals surface area contributed by atoms with Crippen molar-refractivity contribution in [2.24, 2.45) is 5.14 Å². The van der Waals surface area contributed by atoms with Crippen LogP contribution >= 0.6 is 0 Å². The van der Waals surface area contributed by atoms with Gasteiger partial charge in [-0.3, -0.25) is 0 Å². The van der Waals surface area contributed by atoms with Gasteiger partial charge in [-0.25, -0.2) is 35.5 Å². The largest absolute Gasteiger partial charge is 0.238 e. The molecule has 0 unspecified atom stereocenters. The molecule has 0 radical (unpaired) electrons. The van der Waals surface area contributed by atoms with E-state index in [0.717, 1.165) is 0 Å². The van der Waals surface area contributed by atoms with Crippen LogP contribution in [0.5, 0.6) is 0 Å². The van der Waals surface area contributed by atoms with E-state index in [9.17, 15) is 30.4 Å². The molecule has 1 rings (SSSR count). The minimum Gasteiger partial charge on any atom is -0.225 e. The standard InChI is InChI=1S/C8H4F5NO2S/c1-2(17(14,15)16)3-4(9)6(11)8(13)7(12)5(3)10/h1H2,(H2,14,15,16). The maximum atomic E-state index is 13.1. The maximum Gasteiger partial charge on any atom is 0.238 e. The lowest BCUT2D eigenvalue weighted by Gasteiger charge is -2.08. The third-order valence-electron chi connectivity index (χ3n) is 1.83. The molecular formula is C8H4F5NO2S. The monoisotopic (exact) mass is 273 g/mol. The Morgan fingerprint density at radius 1 is 0.882 bits per heavy atom. The van der Waals surface area contributed by atoms with Crippen LogP contribution in [0.1, 0.15) is 5.56 Å². The van der Waals surface area contributed by atoms with E-state index >= 15 is 0 Å². The summed E-state index contributed by atoms with van der Waals surface area (Å²) in [5, 5.41) is 4.49. The van der Waals surface area contributed by atoms with Gasteiger partial charge in [0.15, 0.2) is 23.3 Å². The van der Waals surface area contributed by atoms with Crippen molar-refractivity contribution in [1.82, 2.24) is 0 Å². The smallest absolute Gasteiger partial charge is 0.225 e. The summed E-state index contributed by atoms with van der Waals surface area (Å²) in [6, 6.07) is 0. The number of primary sulfonamides is 1. The van der Waals surface area contributed by atoms with Gasteiger partial charge in [0, 0.05) is 0 Å². The topological polar surface area (TPSA) is 60.2 Å². The lowest BCUT2D eigenvalue weighted by atomic mass is 10.1. The molecule has 0 aliphatic rings. The third kappa shape index (κ3) is 2.15. The van der Waals surface area contributed by atoms with E-state index in [-0.39, 0.29) is 0 Å². The molecule has 1 aromatic carbocycles. The first-order chi connectivity index (χ1) is 7.59. The Morgan fingerprint density at radius 3 is 1.47 bits per heavy atom. The predicted molar refractivity (Wildman–Crippen MR) is 48.4 cm³/mol. The van der Waals surface area contributed by atoms with E-state index in [4.69, 9.17) is 0 Å². The quantitative estimate of drug-likeness (QED) is 0.506. The fourth-order valence-corrected chi connectivity index (χ4v) is 1.46. The van der Waals surface area contributed by atoms with Crippen LogP contribution in [0.4, 0.5) is 22.0 Å². The van der Waals surface area contributed by atoms with Gasteiger partial charge in [-0.1, -0.05) is 6.58 Å². The maximum absolute atomic E-state index is 13.1. The zero-order valence-electron chi connectivity index (χ0n) is 7.90. The normalized spacial score (nSPS) is 11.6. The van der Waals surface area contributed by atoms with Crippen molar-refractivity contribution in [3.8, 4) is 0 Å². The molecule has 0 bridgehead atoms. The first kappa shape index (κ1) is 13.6. The Balaban J connectivity index is 3.74. The van der Waals surface area contributed by atoms with Crippen molar-refractivity contribution in [1.29, 1.82) is 0 Å². The highest BCUT2D eigenvalue weighted by Crippen LogP contribution is 2.29. The lowest BCUT2D eigenvalue weighted by molar-refractivity contribution is 0.376. The molecule has 17 heavy (non-hydrogen) atoms. The van der Waals surface area contributed by atoms with Crippen LogP contribution < -0.4 is 5.14 Å². The van der Waals surface area contributed by atoms with E-state index in [0.29, 0.717) is 0 Å². The number of rotatable bonds is 2. The molecule has 0 saturated heterocycles. The summed E-state index contributed by atoms with van der Waals surface area (Å²) in [7, 11) is -4.68. The molecule has 0 saturated carbocycles. The van der Waals surface area contributed by atoms with Crippen molar-refractivity contribution >= 4 is 14.9 Å². The van der Waals surface area contributed by atoms with Gasteiger partial charge < -0.3 is 0 Å². The molecule has 0 aliphatic heterocycles. The predicted octanol–water partition coefficient (Wildman–Crippen LogP) is 1.64. The average molecular weight is 273 g/mol. The highest BCUT2D eigenvalue weighted by molar-refractivity contribution is 7.98. The van der Waals surface area contributed by atoms with Crippen LogP contribution in [0.15, 0.2) is 6.58 Å². The highest BCUT2D eigenvalue weighted by Gasteiger charge is 2.30. The molecule has 0 heterocycles. The van der Waals surface area contributed by atoms with Gasteiger partial charge in [-0.15, -0.1) is 0 Å². The SMILES string of the molecule is C=C(c1c(F)c(F)c(F)c(F)c1F)S(N)(=O)=O. The first-order valence-electron chi connectivity index (χ1n) is 3.82. The summed E-state index contributed by atoms with van der Waals surface area (Å²) in [6.45, 7) is 2.68. The summed E-state index contributed by atoms with van der Waals surface area (Å²) in [5.74, 6) is -11.6. The Morgan fingerprint density at radius 2 is 1.18 bits per heavy atom.